The number of Topliss-reactive ketones (excluding diaryl/α,β-unsaturated/α-hetero) is 1. The Morgan fingerprint density at radius 2 is 2.08 bits per heavy atom. The lowest BCUT2D eigenvalue weighted by atomic mass is 10.1. The number of thiazole rings is 1. The van der Waals surface area contributed by atoms with Crippen LogP contribution in [-0.2, 0) is 9.53 Å². The van der Waals surface area contributed by atoms with E-state index in [1.807, 2.05) is 23.8 Å². The maximum atomic E-state index is 12.4. The van der Waals surface area contributed by atoms with Crippen molar-refractivity contribution in [1.82, 2.24) is 9.55 Å². The number of ether oxygens (including phenoxy) is 1. The first-order valence-corrected chi connectivity index (χ1v) is 8.98. The fraction of sp³-hybridized carbons (Fsp3) is 0.438. The molecule has 1 fully saturated rings. The van der Waals surface area contributed by atoms with Crippen LogP contribution in [0.5, 0.6) is 0 Å². The van der Waals surface area contributed by atoms with Gasteiger partial charge in [-0.15, -0.1) is 34.5 Å². The summed E-state index contributed by atoms with van der Waals surface area (Å²) in [6, 6.07) is 1.78. The monoisotopic (exact) mass is 386 g/mol. The van der Waals surface area contributed by atoms with Gasteiger partial charge >= 0.3 is 5.97 Å². The van der Waals surface area contributed by atoms with Crippen molar-refractivity contribution < 1.29 is 14.3 Å². The minimum atomic E-state index is -1.10. The number of ketones is 1. The van der Waals surface area contributed by atoms with Gasteiger partial charge in [0.05, 0.1) is 0 Å². The maximum Gasteiger partial charge on any atom is 0.315 e. The smallest absolute Gasteiger partial charge is 0.315 e. The third kappa shape index (κ3) is 2.76. The van der Waals surface area contributed by atoms with Gasteiger partial charge in [0.1, 0.15) is 9.75 Å². The number of rotatable bonds is 5. The molecule has 0 N–H and O–H groups in total. The first kappa shape index (κ1) is 17.5. The van der Waals surface area contributed by atoms with Gasteiger partial charge in [0.15, 0.2) is 11.7 Å². The van der Waals surface area contributed by atoms with E-state index in [2.05, 4.69) is 4.98 Å². The highest BCUT2D eigenvalue weighted by molar-refractivity contribution is 7.12. The lowest BCUT2D eigenvalue weighted by molar-refractivity contribution is -0.148. The lowest BCUT2D eigenvalue weighted by Crippen LogP contribution is -2.24. The van der Waals surface area contributed by atoms with E-state index in [-0.39, 0.29) is 12.4 Å². The molecule has 1 aliphatic rings. The molecule has 0 unspecified atom stereocenters. The zero-order valence-corrected chi connectivity index (χ0v) is 15.8. The summed E-state index contributed by atoms with van der Waals surface area (Å²) in [4.78, 5) is 28.8. The number of carbonyl (C=O) groups excluding carboxylic acids is 2. The van der Waals surface area contributed by atoms with E-state index >= 15 is 0 Å². The molecule has 0 radical (unpaired) electrons. The SMILES string of the molecule is Cc1cc(C(=O)COC(=O)[C@]2(C)CC2(Cl)Cl)c(C)n1-c1nccs1. The third-order valence-corrected chi connectivity index (χ3v) is 6.24. The second kappa shape index (κ2) is 5.86. The van der Waals surface area contributed by atoms with Gasteiger partial charge in [-0.3, -0.25) is 14.2 Å². The van der Waals surface area contributed by atoms with Crippen molar-refractivity contribution in [1.29, 1.82) is 0 Å². The molecule has 0 bridgehead atoms. The number of hydrogen-bond donors (Lipinski definition) is 0. The zero-order chi connectivity index (χ0) is 17.7. The average molecular weight is 387 g/mol. The highest BCUT2D eigenvalue weighted by atomic mass is 35.5. The van der Waals surface area contributed by atoms with Crippen molar-refractivity contribution in [3.8, 4) is 5.13 Å². The summed E-state index contributed by atoms with van der Waals surface area (Å²) in [7, 11) is 0. The third-order valence-electron chi connectivity index (χ3n) is 4.38. The van der Waals surface area contributed by atoms with Gasteiger partial charge in [0.2, 0.25) is 5.78 Å². The highest BCUT2D eigenvalue weighted by Crippen LogP contribution is 2.64. The van der Waals surface area contributed by atoms with Gasteiger partial charge in [0.25, 0.3) is 0 Å². The van der Waals surface area contributed by atoms with Gasteiger partial charge in [-0.05, 0) is 26.8 Å². The number of halogens is 2. The Kier molecular flexibility index (Phi) is 4.26. The van der Waals surface area contributed by atoms with Crippen molar-refractivity contribution >= 4 is 46.3 Å². The molecule has 5 nitrogen and oxygen atoms in total. The predicted molar refractivity (Wildman–Crippen MR) is 93.4 cm³/mol. The van der Waals surface area contributed by atoms with E-state index < -0.39 is 15.7 Å². The number of hydrogen-bond acceptors (Lipinski definition) is 5. The molecule has 0 amide bonds. The molecule has 1 atom stereocenters. The molecule has 0 spiro atoms. The van der Waals surface area contributed by atoms with Gasteiger partial charge in [0, 0.05) is 34.9 Å². The summed E-state index contributed by atoms with van der Waals surface area (Å²) in [6.45, 7) is 5.04. The van der Waals surface area contributed by atoms with Crippen LogP contribution in [0, 0.1) is 19.3 Å². The Balaban J connectivity index is 1.73. The molecular weight excluding hydrogens is 371 g/mol. The van der Waals surface area contributed by atoms with Crippen LogP contribution in [0.2, 0.25) is 0 Å². The Morgan fingerprint density at radius 1 is 1.42 bits per heavy atom. The van der Waals surface area contributed by atoms with Crippen molar-refractivity contribution in [2.75, 3.05) is 6.61 Å². The van der Waals surface area contributed by atoms with Crippen LogP contribution >= 0.6 is 34.5 Å². The molecule has 1 saturated carbocycles. The minimum absolute atomic E-state index is 0.266. The topological polar surface area (TPSA) is 61.2 Å². The zero-order valence-electron chi connectivity index (χ0n) is 13.4. The fourth-order valence-corrected chi connectivity index (χ4v) is 4.10. The van der Waals surface area contributed by atoms with Crippen LogP contribution in [0.3, 0.4) is 0 Å². The van der Waals surface area contributed by atoms with Crippen LogP contribution in [0.1, 0.15) is 35.1 Å². The van der Waals surface area contributed by atoms with E-state index in [4.69, 9.17) is 27.9 Å². The van der Waals surface area contributed by atoms with Crippen molar-refractivity contribution in [3.05, 3.63) is 34.6 Å². The molecule has 0 aliphatic heterocycles. The van der Waals surface area contributed by atoms with E-state index in [0.29, 0.717) is 12.0 Å². The summed E-state index contributed by atoms with van der Waals surface area (Å²) in [5, 5.41) is 2.67. The van der Waals surface area contributed by atoms with Gasteiger partial charge in [-0.25, -0.2) is 4.98 Å². The summed E-state index contributed by atoms with van der Waals surface area (Å²) >= 11 is 13.4. The summed E-state index contributed by atoms with van der Waals surface area (Å²) in [5.74, 6) is -0.812. The molecule has 24 heavy (non-hydrogen) atoms. The number of aryl methyl sites for hydroxylation is 1. The molecule has 2 heterocycles. The second-order valence-electron chi connectivity index (χ2n) is 6.15. The molecule has 8 heteroatoms. The Morgan fingerprint density at radius 3 is 2.62 bits per heavy atom. The molecule has 2 aromatic rings. The standard InChI is InChI=1S/C16H16Cl2N2O3S/c1-9-6-11(10(2)20(9)14-19-4-5-24-14)12(21)7-23-13(22)15(3)8-16(15,17)18/h4-6H,7-8H2,1-3H3/t15-/m0/s1. The molecule has 0 saturated heterocycles. The normalized spacial score (nSPS) is 21.5. The summed E-state index contributed by atoms with van der Waals surface area (Å²) < 4.78 is 5.94. The number of aromatic nitrogens is 2. The number of nitrogens with zero attached hydrogens (tertiary/aromatic N) is 2. The largest absolute Gasteiger partial charge is 0.457 e. The minimum Gasteiger partial charge on any atom is -0.457 e. The van der Waals surface area contributed by atoms with Crippen LogP contribution in [-0.4, -0.2) is 32.2 Å². The number of esters is 1. The quantitative estimate of drug-likeness (QED) is 0.444. The maximum absolute atomic E-state index is 12.4. The van der Waals surface area contributed by atoms with Crippen LogP contribution < -0.4 is 0 Å². The van der Waals surface area contributed by atoms with Gasteiger partial charge in [-0.1, -0.05) is 0 Å². The van der Waals surface area contributed by atoms with Crippen LogP contribution in [0.15, 0.2) is 17.6 Å². The van der Waals surface area contributed by atoms with E-state index in [1.165, 1.54) is 11.3 Å². The molecule has 2 aromatic heterocycles. The molecule has 128 valence electrons. The first-order chi connectivity index (χ1) is 11.2. The van der Waals surface area contributed by atoms with Gasteiger partial charge in [-0.2, -0.15) is 0 Å². The highest BCUT2D eigenvalue weighted by Gasteiger charge is 2.69. The second-order valence-corrected chi connectivity index (χ2v) is 8.50. The fourth-order valence-electron chi connectivity index (χ4n) is 2.66. The van der Waals surface area contributed by atoms with Crippen LogP contribution in [0.4, 0.5) is 0 Å². The molecule has 3 rings (SSSR count). The number of carbonyl (C=O) groups is 2. The first-order valence-electron chi connectivity index (χ1n) is 7.34. The van der Waals surface area contributed by atoms with E-state index in [1.54, 1.807) is 19.2 Å². The molecule has 1 aliphatic carbocycles. The Bertz CT molecular complexity index is 814. The van der Waals surface area contributed by atoms with Gasteiger partial charge < -0.3 is 4.74 Å². The predicted octanol–water partition coefficient (Wildman–Crippen LogP) is 3.86. The van der Waals surface area contributed by atoms with E-state index in [9.17, 15) is 9.59 Å². The number of alkyl halides is 2. The Labute approximate surface area is 153 Å². The lowest BCUT2D eigenvalue weighted by Gasteiger charge is -2.11. The Hall–Kier alpha value is -1.37. The van der Waals surface area contributed by atoms with Crippen molar-refractivity contribution in [2.45, 2.75) is 31.5 Å². The summed E-state index contributed by atoms with van der Waals surface area (Å²) in [5.41, 5.74) is 1.24. The average Bonchev–Trinajstić information content (AvgIpc) is 2.92. The van der Waals surface area contributed by atoms with E-state index in [0.717, 1.165) is 16.5 Å². The summed E-state index contributed by atoms with van der Waals surface area (Å²) in [6.07, 6.45) is 2.04. The molecule has 0 aromatic carbocycles. The van der Waals surface area contributed by atoms with Crippen molar-refractivity contribution in [2.24, 2.45) is 5.41 Å². The van der Waals surface area contributed by atoms with Crippen LogP contribution in [0.25, 0.3) is 5.13 Å². The molecular formula is C16H16Cl2N2O3S. The van der Waals surface area contributed by atoms with Crippen molar-refractivity contribution in [3.63, 3.8) is 0 Å².